The summed E-state index contributed by atoms with van der Waals surface area (Å²) >= 11 is 0. The van der Waals surface area contributed by atoms with E-state index in [2.05, 4.69) is 24.5 Å². The molecule has 10 heteroatoms. The number of hydrogen-bond donors (Lipinski definition) is 2. The molecule has 0 aromatic heterocycles. The van der Waals surface area contributed by atoms with Crippen molar-refractivity contribution in [1.29, 1.82) is 0 Å². The van der Waals surface area contributed by atoms with Crippen LogP contribution in [0.1, 0.15) is 45.6 Å². The number of morpholine rings is 1. The number of rotatable bonds is 8. The van der Waals surface area contributed by atoms with E-state index in [-0.39, 0.29) is 30.9 Å². The molecular formula is C29H40N4O5S. The lowest BCUT2D eigenvalue weighted by atomic mass is 9.89. The summed E-state index contributed by atoms with van der Waals surface area (Å²) in [6, 6.07) is 13.7. The molecule has 2 atom stereocenters. The van der Waals surface area contributed by atoms with Crippen LogP contribution < -0.4 is 10.6 Å². The van der Waals surface area contributed by atoms with Gasteiger partial charge in [-0.2, -0.15) is 4.31 Å². The molecule has 1 spiro atoms. The molecule has 9 nitrogen and oxygen atoms in total. The average molecular weight is 557 g/mol. The van der Waals surface area contributed by atoms with Crippen LogP contribution in [0.2, 0.25) is 0 Å². The van der Waals surface area contributed by atoms with Crippen molar-refractivity contribution in [3.8, 4) is 0 Å². The summed E-state index contributed by atoms with van der Waals surface area (Å²) in [5, 5.41) is 5.61. The third-order valence-electron chi connectivity index (χ3n) is 7.28. The Morgan fingerprint density at radius 2 is 1.67 bits per heavy atom. The van der Waals surface area contributed by atoms with Gasteiger partial charge in [0, 0.05) is 37.4 Å². The molecule has 2 aliphatic heterocycles. The number of likely N-dealkylation sites (tertiary alicyclic amines) is 1. The zero-order chi connectivity index (χ0) is 28.2. The van der Waals surface area contributed by atoms with Crippen LogP contribution in [0.3, 0.4) is 0 Å². The van der Waals surface area contributed by atoms with Crippen LogP contribution in [0.5, 0.6) is 0 Å². The minimum absolute atomic E-state index is 0.156. The Labute approximate surface area is 231 Å². The molecule has 2 fully saturated rings. The van der Waals surface area contributed by atoms with Crippen molar-refractivity contribution < 1.29 is 22.7 Å². The molecule has 0 radical (unpaired) electrons. The first-order chi connectivity index (χ1) is 18.5. The van der Waals surface area contributed by atoms with E-state index in [1.165, 1.54) is 6.92 Å². The van der Waals surface area contributed by atoms with Crippen LogP contribution in [-0.2, 0) is 24.3 Å². The van der Waals surface area contributed by atoms with Gasteiger partial charge in [0.2, 0.25) is 21.8 Å². The Balaban J connectivity index is 1.45. The number of ether oxygens (including phenoxy) is 1. The van der Waals surface area contributed by atoms with Gasteiger partial charge in [-0.3, -0.25) is 14.5 Å². The van der Waals surface area contributed by atoms with Crippen molar-refractivity contribution in [2.45, 2.75) is 63.5 Å². The average Bonchev–Trinajstić information content (AvgIpc) is 2.86. The summed E-state index contributed by atoms with van der Waals surface area (Å²) in [6.07, 6.45) is 2.27. The maximum absolute atomic E-state index is 13.8. The fourth-order valence-corrected chi connectivity index (χ4v) is 7.18. The first-order valence-corrected chi connectivity index (χ1v) is 15.0. The molecule has 0 unspecified atom stereocenters. The number of amides is 2. The predicted octanol–water partition coefficient (Wildman–Crippen LogP) is 3.86. The number of benzene rings is 2. The number of carbonyl (C=O) groups excluding carboxylic acids is 2. The number of nitrogens with one attached hydrogen (secondary N) is 2. The highest BCUT2D eigenvalue weighted by Gasteiger charge is 2.47. The number of piperidine rings is 1. The Morgan fingerprint density at radius 1 is 1.03 bits per heavy atom. The normalized spacial score (nSPS) is 22.6. The van der Waals surface area contributed by atoms with Gasteiger partial charge in [0.25, 0.3) is 0 Å². The van der Waals surface area contributed by atoms with Gasteiger partial charge >= 0.3 is 0 Å². The van der Waals surface area contributed by atoms with E-state index < -0.39 is 15.6 Å². The van der Waals surface area contributed by atoms with E-state index in [0.717, 1.165) is 24.9 Å². The van der Waals surface area contributed by atoms with Crippen molar-refractivity contribution in [3.05, 3.63) is 54.1 Å². The molecular weight excluding hydrogens is 516 g/mol. The highest BCUT2D eigenvalue weighted by Crippen LogP contribution is 2.35. The van der Waals surface area contributed by atoms with Gasteiger partial charge in [-0.25, -0.2) is 8.42 Å². The van der Waals surface area contributed by atoms with Gasteiger partial charge in [-0.1, -0.05) is 31.5 Å². The quantitative estimate of drug-likeness (QED) is 0.511. The molecule has 0 aliphatic carbocycles. The minimum atomic E-state index is -3.71. The lowest BCUT2D eigenvalue weighted by Gasteiger charge is -2.50. The summed E-state index contributed by atoms with van der Waals surface area (Å²) in [7, 11) is -3.71. The molecule has 2 saturated heterocycles. The summed E-state index contributed by atoms with van der Waals surface area (Å²) < 4.78 is 35.8. The van der Waals surface area contributed by atoms with Gasteiger partial charge < -0.3 is 15.4 Å². The van der Waals surface area contributed by atoms with Crippen molar-refractivity contribution >= 4 is 33.2 Å². The Bertz CT molecular complexity index is 1260. The van der Waals surface area contributed by atoms with Crippen LogP contribution in [0.25, 0.3) is 0 Å². The summed E-state index contributed by atoms with van der Waals surface area (Å²) in [6.45, 7) is 9.57. The van der Waals surface area contributed by atoms with Crippen molar-refractivity contribution in [2.24, 2.45) is 5.92 Å². The van der Waals surface area contributed by atoms with Crippen LogP contribution in [0, 0.1) is 12.8 Å². The first kappa shape index (κ1) is 29.2. The fourth-order valence-electron chi connectivity index (χ4n) is 5.49. The van der Waals surface area contributed by atoms with Crippen LogP contribution in [0.15, 0.2) is 53.4 Å². The van der Waals surface area contributed by atoms with Crippen LogP contribution in [0.4, 0.5) is 11.4 Å². The SMILES string of the molecule is CC(=O)Nc1ccc(NC(=O)CN2CCC[C@@]3(C2)CN(S(=O)(=O)c2ccc(C)cc2)[C@@H](CC(C)C)CO3)cc1. The number of hydrogen-bond acceptors (Lipinski definition) is 6. The zero-order valence-electron chi connectivity index (χ0n) is 23.3. The maximum atomic E-state index is 13.8. The van der Waals surface area contributed by atoms with Gasteiger partial charge in [0.15, 0.2) is 0 Å². The topological polar surface area (TPSA) is 108 Å². The van der Waals surface area contributed by atoms with E-state index in [1.54, 1.807) is 40.7 Å². The largest absolute Gasteiger partial charge is 0.371 e. The van der Waals surface area contributed by atoms with E-state index in [9.17, 15) is 18.0 Å². The lowest BCUT2D eigenvalue weighted by Crippen LogP contribution is -2.64. The summed E-state index contributed by atoms with van der Waals surface area (Å²) in [5.41, 5.74) is 1.65. The monoisotopic (exact) mass is 556 g/mol. The second kappa shape index (κ2) is 12.2. The fraction of sp³-hybridized carbons (Fsp3) is 0.517. The number of sulfonamides is 1. The molecule has 2 aliphatic rings. The highest BCUT2D eigenvalue weighted by atomic mass is 32.2. The van der Waals surface area contributed by atoms with E-state index >= 15 is 0 Å². The zero-order valence-corrected chi connectivity index (χ0v) is 24.1. The Kier molecular flexibility index (Phi) is 9.10. The molecule has 212 valence electrons. The van der Waals surface area contributed by atoms with E-state index in [4.69, 9.17) is 4.74 Å². The van der Waals surface area contributed by atoms with Crippen molar-refractivity contribution in [1.82, 2.24) is 9.21 Å². The van der Waals surface area contributed by atoms with Gasteiger partial charge in [-0.05, 0) is 75.0 Å². The molecule has 0 bridgehead atoms. The Morgan fingerprint density at radius 3 is 2.28 bits per heavy atom. The number of nitrogens with zero attached hydrogens (tertiary/aromatic N) is 2. The molecule has 39 heavy (non-hydrogen) atoms. The number of carbonyl (C=O) groups is 2. The molecule has 2 heterocycles. The first-order valence-electron chi connectivity index (χ1n) is 13.6. The number of aryl methyl sites for hydroxylation is 1. The molecule has 0 saturated carbocycles. The standard InChI is InChI=1S/C29H40N4O5S/c1-21(2)16-26-18-38-29(20-33(26)39(36,37)27-12-6-22(3)7-13-27)14-5-15-32(19-29)17-28(35)31-25-10-8-24(9-11-25)30-23(4)34/h6-13,21,26H,5,14-20H2,1-4H3,(H,30,34)(H,31,35)/t26-,29+/m0/s1. The van der Waals surface area contributed by atoms with Crippen LogP contribution >= 0.6 is 0 Å². The molecule has 2 N–H and O–H groups in total. The molecule has 4 rings (SSSR count). The smallest absolute Gasteiger partial charge is 0.243 e. The van der Waals surface area contributed by atoms with E-state index in [1.807, 2.05) is 24.0 Å². The van der Waals surface area contributed by atoms with Gasteiger partial charge in [0.05, 0.1) is 23.6 Å². The van der Waals surface area contributed by atoms with Gasteiger partial charge in [-0.15, -0.1) is 0 Å². The Hall–Kier alpha value is -2.79. The van der Waals surface area contributed by atoms with E-state index in [0.29, 0.717) is 41.8 Å². The third kappa shape index (κ3) is 7.45. The second-order valence-corrected chi connectivity index (χ2v) is 13.2. The van der Waals surface area contributed by atoms with Crippen molar-refractivity contribution in [2.75, 3.05) is 43.4 Å². The molecule has 2 amide bonds. The second-order valence-electron chi connectivity index (χ2n) is 11.3. The number of anilines is 2. The van der Waals surface area contributed by atoms with Gasteiger partial charge in [0.1, 0.15) is 0 Å². The molecule has 2 aromatic rings. The predicted molar refractivity (Wildman–Crippen MR) is 152 cm³/mol. The minimum Gasteiger partial charge on any atom is -0.371 e. The maximum Gasteiger partial charge on any atom is 0.243 e. The lowest BCUT2D eigenvalue weighted by molar-refractivity contribution is -0.146. The molecule has 2 aromatic carbocycles. The van der Waals surface area contributed by atoms with Crippen molar-refractivity contribution in [3.63, 3.8) is 0 Å². The van der Waals surface area contributed by atoms with Crippen LogP contribution in [-0.4, -0.2) is 73.9 Å². The summed E-state index contributed by atoms with van der Waals surface area (Å²) in [5.74, 6) is 0.00989. The third-order valence-corrected chi connectivity index (χ3v) is 9.19. The summed E-state index contributed by atoms with van der Waals surface area (Å²) in [4.78, 5) is 26.4. The highest BCUT2D eigenvalue weighted by molar-refractivity contribution is 7.89.